The Morgan fingerprint density at radius 3 is 2.43 bits per heavy atom. The molecule has 2 rings (SSSR count). The predicted octanol–water partition coefficient (Wildman–Crippen LogP) is 2.48. The van der Waals surface area contributed by atoms with Crippen LogP contribution in [0.3, 0.4) is 0 Å². The maximum absolute atomic E-state index is 11.9. The van der Waals surface area contributed by atoms with Gasteiger partial charge in [0.15, 0.2) is 0 Å². The van der Waals surface area contributed by atoms with Gasteiger partial charge in [-0.25, -0.2) is 9.67 Å². The van der Waals surface area contributed by atoms with Crippen LogP contribution in [-0.2, 0) is 11.3 Å². The molecule has 0 fully saturated rings. The molecule has 0 saturated heterocycles. The van der Waals surface area contributed by atoms with Crippen LogP contribution in [0.5, 0.6) is 0 Å². The summed E-state index contributed by atoms with van der Waals surface area (Å²) in [7, 11) is 0. The second-order valence-electron chi connectivity index (χ2n) is 5.52. The van der Waals surface area contributed by atoms with Gasteiger partial charge in [-0.1, -0.05) is 26.0 Å². The summed E-state index contributed by atoms with van der Waals surface area (Å²) in [6.45, 7) is 4.75. The Labute approximate surface area is 148 Å². The summed E-state index contributed by atoms with van der Waals surface area (Å²) >= 11 is 0. The van der Waals surface area contributed by atoms with E-state index in [-0.39, 0.29) is 30.7 Å². The van der Waals surface area contributed by atoms with E-state index in [0.717, 1.165) is 11.3 Å². The number of aromatic nitrogens is 3. The number of amides is 1. The lowest BCUT2D eigenvalue weighted by molar-refractivity contribution is -0.117. The molecule has 0 radical (unpaired) electrons. The van der Waals surface area contributed by atoms with E-state index in [1.165, 1.54) is 6.33 Å². The van der Waals surface area contributed by atoms with Gasteiger partial charge in [-0.2, -0.15) is 5.10 Å². The smallest absolute Gasteiger partial charge is 0.241 e. The minimum absolute atomic E-state index is 0. The van der Waals surface area contributed by atoms with E-state index in [0.29, 0.717) is 18.9 Å². The third-order valence-electron chi connectivity index (χ3n) is 3.09. The summed E-state index contributed by atoms with van der Waals surface area (Å²) < 4.78 is 1.74. The molecule has 1 heterocycles. The van der Waals surface area contributed by atoms with Crippen LogP contribution in [-0.4, -0.2) is 26.7 Å². The highest BCUT2D eigenvalue weighted by atomic mass is 35.5. The summed E-state index contributed by atoms with van der Waals surface area (Å²) in [6.07, 6.45) is 3.85. The molecule has 2 aromatic rings. The summed E-state index contributed by atoms with van der Waals surface area (Å²) in [5.41, 5.74) is 7.70. The van der Waals surface area contributed by atoms with Gasteiger partial charge in [0, 0.05) is 5.69 Å². The van der Waals surface area contributed by atoms with Gasteiger partial charge < -0.3 is 11.1 Å². The van der Waals surface area contributed by atoms with Crippen molar-refractivity contribution < 1.29 is 4.79 Å². The molecule has 0 aliphatic carbocycles. The average molecular weight is 360 g/mol. The minimum atomic E-state index is -0.472. The molecule has 1 atom stereocenters. The number of anilines is 1. The summed E-state index contributed by atoms with van der Waals surface area (Å²) in [5.74, 6) is 0.253. The van der Waals surface area contributed by atoms with Crippen molar-refractivity contribution >= 4 is 36.4 Å². The Morgan fingerprint density at radius 1 is 1.26 bits per heavy atom. The van der Waals surface area contributed by atoms with Crippen LogP contribution in [0.1, 0.15) is 25.8 Å². The second kappa shape index (κ2) is 10.2. The molecule has 3 N–H and O–H groups in total. The van der Waals surface area contributed by atoms with Crippen molar-refractivity contribution in [2.75, 3.05) is 5.32 Å². The highest BCUT2D eigenvalue weighted by Crippen LogP contribution is 2.12. The number of hydrogen-bond acceptors (Lipinski definition) is 4. The summed E-state index contributed by atoms with van der Waals surface area (Å²) in [6, 6.07) is 7.16. The first-order valence-electron chi connectivity index (χ1n) is 7.02. The first-order valence-corrected chi connectivity index (χ1v) is 7.02. The van der Waals surface area contributed by atoms with Crippen molar-refractivity contribution in [1.82, 2.24) is 14.8 Å². The average Bonchev–Trinajstić information content (AvgIpc) is 2.93. The minimum Gasteiger partial charge on any atom is -0.325 e. The quantitative estimate of drug-likeness (QED) is 0.829. The molecule has 0 saturated carbocycles. The highest BCUT2D eigenvalue weighted by molar-refractivity contribution is 5.94. The van der Waals surface area contributed by atoms with Gasteiger partial charge >= 0.3 is 0 Å². The molecule has 23 heavy (non-hydrogen) atoms. The number of carbonyl (C=O) groups excluding carboxylic acids is 1. The molecular weight excluding hydrogens is 337 g/mol. The lowest BCUT2D eigenvalue weighted by atomic mass is 10.0. The first kappa shape index (κ1) is 21.4. The van der Waals surface area contributed by atoms with Crippen molar-refractivity contribution in [3.8, 4) is 0 Å². The van der Waals surface area contributed by atoms with Gasteiger partial charge in [-0.05, 0) is 30.0 Å². The molecule has 1 aromatic heterocycles. The van der Waals surface area contributed by atoms with Gasteiger partial charge in [-0.3, -0.25) is 4.79 Å². The molecule has 0 spiro atoms. The van der Waals surface area contributed by atoms with Crippen molar-refractivity contribution in [3.63, 3.8) is 0 Å². The normalized spacial score (nSPS) is 11.3. The largest absolute Gasteiger partial charge is 0.325 e. The van der Waals surface area contributed by atoms with Crippen LogP contribution in [0.4, 0.5) is 5.69 Å². The lowest BCUT2D eigenvalue weighted by Gasteiger charge is -2.14. The van der Waals surface area contributed by atoms with Crippen LogP contribution in [0.15, 0.2) is 36.9 Å². The fraction of sp³-hybridized carbons (Fsp3) is 0.400. The van der Waals surface area contributed by atoms with Crippen LogP contribution in [0, 0.1) is 5.92 Å². The Morgan fingerprint density at radius 2 is 1.91 bits per heavy atom. The Bertz CT molecular complexity index is 572. The second-order valence-corrected chi connectivity index (χ2v) is 5.52. The van der Waals surface area contributed by atoms with Crippen molar-refractivity contribution in [2.45, 2.75) is 32.9 Å². The number of nitrogens with zero attached hydrogens (tertiary/aromatic N) is 3. The van der Waals surface area contributed by atoms with Gasteiger partial charge in [0.25, 0.3) is 0 Å². The molecule has 0 unspecified atom stereocenters. The molecular formula is C15H23Cl2N5O. The summed E-state index contributed by atoms with van der Waals surface area (Å²) in [5, 5.41) is 6.89. The van der Waals surface area contributed by atoms with Crippen molar-refractivity contribution in [2.24, 2.45) is 11.7 Å². The SMILES string of the molecule is CC(C)C[C@H](N)C(=O)Nc1ccc(Cn2cncn2)cc1.Cl.Cl. The number of benzene rings is 1. The molecule has 1 amide bonds. The van der Waals surface area contributed by atoms with E-state index < -0.39 is 6.04 Å². The van der Waals surface area contributed by atoms with E-state index in [9.17, 15) is 4.79 Å². The zero-order valence-electron chi connectivity index (χ0n) is 13.2. The predicted molar refractivity (Wildman–Crippen MR) is 96.1 cm³/mol. The van der Waals surface area contributed by atoms with E-state index in [4.69, 9.17) is 5.73 Å². The fourth-order valence-corrected chi connectivity index (χ4v) is 2.04. The summed E-state index contributed by atoms with van der Waals surface area (Å²) in [4.78, 5) is 15.8. The molecule has 1 aromatic carbocycles. The monoisotopic (exact) mass is 359 g/mol. The number of nitrogens with two attached hydrogens (primary N) is 1. The molecule has 0 aliphatic heterocycles. The maximum atomic E-state index is 11.9. The van der Waals surface area contributed by atoms with Crippen molar-refractivity contribution in [1.29, 1.82) is 0 Å². The van der Waals surface area contributed by atoms with Crippen molar-refractivity contribution in [3.05, 3.63) is 42.5 Å². The van der Waals surface area contributed by atoms with Gasteiger partial charge in [0.2, 0.25) is 5.91 Å². The molecule has 6 nitrogen and oxygen atoms in total. The van der Waals surface area contributed by atoms with Crippen LogP contribution >= 0.6 is 24.8 Å². The maximum Gasteiger partial charge on any atom is 0.241 e. The van der Waals surface area contributed by atoms with E-state index in [1.54, 1.807) is 11.0 Å². The third kappa shape index (κ3) is 6.99. The third-order valence-corrected chi connectivity index (χ3v) is 3.09. The number of halogens is 2. The fourth-order valence-electron chi connectivity index (χ4n) is 2.04. The zero-order chi connectivity index (χ0) is 15.2. The van der Waals surface area contributed by atoms with E-state index in [2.05, 4.69) is 15.4 Å². The van der Waals surface area contributed by atoms with Crippen LogP contribution in [0.2, 0.25) is 0 Å². The zero-order valence-corrected chi connectivity index (χ0v) is 14.8. The number of rotatable bonds is 6. The Hall–Kier alpha value is -1.63. The van der Waals surface area contributed by atoms with Crippen LogP contribution < -0.4 is 11.1 Å². The first-order chi connectivity index (χ1) is 10.0. The number of hydrogen-bond donors (Lipinski definition) is 2. The molecule has 0 aliphatic rings. The highest BCUT2D eigenvalue weighted by Gasteiger charge is 2.14. The van der Waals surface area contributed by atoms with Gasteiger partial charge in [0.1, 0.15) is 12.7 Å². The van der Waals surface area contributed by atoms with E-state index >= 15 is 0 Å². The number of carbonyl (C=O) groups is 1. The lowest BCUT2D eigenvalue weighted by Crippen LogP contribution is -2.36. The standard InChI is InChI=1S/C15H21N5O.2ClH/c1-11(2)7-14(16)15(21)19-13-5-3-12(4-6-13)8-20-10-17-9-18-20;;/h3-6,9-11,14H,7-8,16H2,1-2H3,(H,19,21);2*1H/t14-;;/m0../s1. The Balaban J connectivity index is 0.00000242. The molecule has 128 valence electrons. The molecule has 8 heteroatoms. The van der Waals surface area contributed by atoms with E-state index in [1.807, 2.05) is 38.1 Å². The van der Waals surface area contributed by atoms with Crippen LogP contribution in [0.25, 0.3) is 0 Å². The Kier molecular flexibility index (Phi) is 9.48. The topological polar surface area (TPSA) is 85.8 Å². The number of nitrogens with one attached hydrogen (secondary N) is 1. The van der Waals surface area contributed by atoms with Gasteiger partial charge in [0.05, 0.1) is 12.6 Å². The molecule has 0 bridgehead atoms. The van der Waals surface area contributed by atoms with Gasteiger partial charge in [-0.15, -0.1) is 24.8 Å².